The minimum absolute atomic E-state index is 0.0466. The lowest BCUT2D eigenvalue weighted by molar-refractivity contribution is -0.140. The molecule has 0 spiro atoms. The van der Waals surface area contributed by atoms with Crippen LogP contribution in [-0.2, 0) is 25.7 Å². The minimum Gasteiger partial charge on any atom is -0.369 e. The second-order valence-corrected chi connectivity index (χ2v) is 5.86. The molecule has 0 heterocycles. The van der Waals surface area contributed by atoms with Gasteiger partial charge in [-0.2, -0.15) is 13.2 Å². The van der Waals surface area contributed by atoms with Gasteiger partial charge in [-0.3, -0.25) is 4.79 Å². The van der Waals surface area contributed by atoms with Gasteiger partial charge in [0.25, 0.3) is 15.9 Å². The highest BCUT2D eigenvalue weighted by molar-refractivity contribution is 7.90. The Bertz CT molecular complexity index is 658. The van der Waals surface area contributed by atoms with Crippen LogP contribution in [0.1, 0.15) is 19.4 Å². The van der Waals surface area contributed by atoms with Crippen molar-refractivity contribution >= 4 is 15.9 Å². The van der Waals surface area contributed by atoms with Crippen LogP contribution in [0.25, 0.3) is 0 Å². The zero-order valence-corrected chi connectivity index (χ0v) is 12.4. The van der Waals surface area contributed by atoms with Gasteiger partial charge in [-0.05, 0) is 32.0 Å². The molecular weight excluding hydrogens is 330 g/mol. The van der Waals surface area contributed by atoms with Crippen LogP contribution < -0.4 is 4.72 Å². The van der Waals surface area contributed by atoms with E-state index in [2.05, 4.69) is 0 Å². The summed E-state index contributed by atoms with van der Waals surface area (Å²) in [5.41, 5.74) is -1.70. The first-order chi connectivity index (χ1) is 9.99. The predicted octanol–water partition coefficient (Wildman–Crippen LogP) is 2.07. The largest absolute Gasteiger partial charge is 0.417 e. The van der Waals surface area contributed by atoms with E-state index in [0.717, 1.165) is 0 Å². The Morgan fingerprint density at radius 2 is 1.95 bits per heavy atom. The molecule has 0 bridgehead atoms. The van der Waals surface area contributed by atoms with Gasteiger partial charge in [0.1, 0.15) is 11.9 Å². The first-order valence-corrected chi connectivity index (χ1v) is 7.52. The molecule has 0 saturated heterocycles. The van der Waals surface area contributed by atoms with Crippen molar-refractivity contribution in [2.75, 3.05) is 6.61 Å². The predicted molar refractivity (Wildman–Crippen MR) is 67.8 cm³/mol. The number of sulfonamides is 1. The molecule has 1 amide bonds. The SMILES string of the molecule is CCO[C@@H](C)C(=O)NS(=O)(=O)c1ccc(F)cc1C(F)(F)F. The van der Waals surface area contributed by atoms with E-state index in [-0.39, 0.29) is 12.7 Å². The summed E-state index contributed by atoms with van der Waals surface area (Å²) in [6, 6.07) is 1.05. The number of rotatable bonds is 5. The van der Waals surface area contributed by atoms with E-state index in [1.165, 1.54) is 11.6 Å². The first kappa shape index (κ1) is 18.4. The molecule has 124 valence electrons. The Hall–Kier alpha value is -1.68. The molecule has 0 unspecified atom stereocenters. The molecule has 1 N–H and O–H groups in total. The zero-order valence-electron chi connectivity index (χ0n) is 11.6. The van der Waals surface area contributed by atoms with Gasteiger partial charge in [-0.25, -0.2) is 17.5 Å². The third-order valence-electron chi connectivity index (χ3n) is 2.56. The van der Waals surface area contributed by atoms with Crippen molar-refractivity contribution in [3.63, 3.8) is 0 Å². The number of amides is 1. The summed E-state index contributed by atoms with van der Waals surface area (Å²) >= 11 is 0. The van der Waals surface area contributed by atoms with Gasteiger partial charge in [0.05, 0.1) is 10.5 Å². The molecule has 22 heavy (non-hydrogen) atoms. The van der Waals surface area contributed by atoms with Crippen LogP contribution in [-0.4, -0.2) is 27.0 Å². The molecule has 5 nitrogen and oxygen atoms in total. The molecule has 0 radical (unpaired) electrons. The number of carbonyl (C=O) groups excluding carboxylic acids is 1. The maximum absolute atomic E-state index is 13.0. The summed E-state index contributed by atoms with van der Waals surface area (Å²) in [6.45, 7) is 2.91. The van der Waals surface area contributed by atoms with Gasteiger partial charge in [0.2, 0.25) is 0 Å². The third kappa shape index (κ3) is 4.41. The van der Waals surface area contributed by atoms with Gasteiger partial charge in [-0.15, -0.1) is 0 Å². The van der Waals surface area contributed by atoms with Crippen LogP contribution in [0.4, 0.5) is 17.6 Å². The summed E-state index contributed by atoms with van der Waals surface area (Å²) < 4.78 is 81.5. The van der Waals surface area contributed by atoms with Crippen LogP contribution in [0.5, 0.6) is 0 Å². The fraction of sp³-hybridized carbons (Fsp3) is 0.417. The molecule has 0 aliphatic rings. The average molecular weight is 343 g/mol. The van der Waals surface area contributed by atoms with Crippen molar-refractivity contribution in [2.24, 2.45) is 0 Å². The monoisotopic (exact) mass is 343 g/mol. The second-order valence-electron chi connectivity index (χ2n) is 4.21. The highest BCUT2D eigenvalue weighted by Crippen LogP contribution is 2.34. The van der Waals surface area contributed by atoms with Crippen LogP contribution in [0.3, 0.4) is 0 Å². The quantitative estimate of drug-likeness (QED) is 0.831. The molecule has 1 aromatic rings. The summed E-state index contributed by atoms with van der Waals surface area (Å²) in [6.07, 6.45) is -6.27. The van der Waals surface area contributed by atoms with Crippen molar-refractivity contribution in [1.82, 2.24) is 4.72 Å². The molecule has 0 aliphatic carbocycles. The number of benzene rings is 1. The zero-order chi connectivity index (χ0) is 17.1. The number of halogens is 4. The molecule has 0 saturated carbocycles. The Kier molecular flexibility index (Phi) is 5.52. The number of alkyl halides is 3. The maximum atomic E-state index is 13.0. The normalized spacial score (nSPS) is 13.7. The van der Waals surface area contributed by atoms with E-state index >= 15 is 0 Å². The van der Waals surface area contributed by atoms with Crippen LogP contribution in [0.2, 0.25) is 0 Å². The Morgan fingerprint density at radius 3 is 2.45 bits per heavy atom. The smallest absolute Gasteiger partial charge is 0.369 e. The van der Waals surface area contributed by atoms with Gasteiger partial charge >= 0.3 is 6.18 Å². The van der Waals surface area contributed by atoms with E-state index in [1.54, 1.807) is 6.92 Å². The Labute approximate surface area is 124 Å². The molecule has 1 rings (SSSR count). The third-order valence-corrected chi connectivity index (χ3v) is 3.96. The van der Waals surface area contributed by atoms with Crippen molar-refractivity contribution in [1.29, 1.82) is 0 Å². The van der Waals surface area contributed by atoms with Gasteiger partial charge < -0.3 is 4.74 Å². The Balaban J connectivity index is 3.22. The van der Waals surface area contributed by atoms with E-state index in [9.17, 15) is 30.8 Å². The first-order valence-electron chi connectivity index (χ1n) is 6.04. The number of nitrogens with one attached hydrogen (secondary N) is 1. The highest BCUT2D eigenvalue weighted by Gasteiger charge is 2.38. The topological polar surface area (TPSA) is 72.5 Å². The summed E-state index contributed by atoms with van der Waals surface area (Å²) in [5, 5.41) is 0. The van der Waals surface area contributed by atoms with Gasteiger partial charge in [0, 0.05) is 6.61 Å². The summed E-state index contributed by atoms with van der Waals surface area (Å²) in [7, 11) is -4.82. The average Bonchev–Trinajstić information content (AvgIpc) is 2.37. The minimum atomic E-state index is -5.10. The van der Waals surface area contributed by atoms with Gasteiger partial charge in [0.15, 0.2) is 0 Å². The van der Waals surface area contributed by atoms with Gasteiger partial charge in [-0.1, -0.05) is 0 Å². The molecule has 10 heteroatoms. The highest BCUT2D eigenvalue weighted by atomic mass is 32.2. The standard InChI is InChI=1S/C12H13F4NO4S/c1-3-21-7(2)11(18)17-22(19,20)10-5-4-8(13)6-9(10)12(14,15)16/h4-7H,3H2,1-2H3,(H,17,18)/t7-/m0/s1. The second kappa shape index (κ2) is 6.61. The summed E-state index contributed by atoms with van der Waals surface area (Å²) in [5.74, 6) is -2.38. The van der Waals surface area contributed by atoms with Crippen molar-refractivity contribution in [3.05, 3.63) is 29.6 Å². The molecule has 0 aliphatic heterocycles. The van der Waals surface area contributed by atoms with Crippen LogP contribution >= 0.6 is 0 Å². The fourth-order valence-electron chi connectivity index (χ4n) is 1.55. The van der Waals surface area contributed by atoms with E-state index in [1.807, 2.05) is 0 Å². The van der Waals surface area contributed by atoms with Crippen molar-refractivity contribution in [2.45, 2.75) is 31.0 Å². The maximum Gasteiger partial charge on any atom is 0.417 e. The Morgan fingerprint density at radius 1 is 1.36 bits per heavy atom. The van der Waals surface area contributed by atoms with Crippen molar-refractivity contribution in [3.8, 4) is 0 Å². The molecular formula is C12H13F4NO4S. The van der Waals surface area contributed by atoms with E-state index < -0.39 is 44.5 Å². The van der Waals surface area contributed by atoms with Crippen LogP contribution in [0, 0.1) is 5.82 Å². The van der Waals surface area contributed by atoms with Crippen molar-refractivity contribution < 1.29 is 35.5 Å². The fourth-order valence-corrected chi connectivity index (χ4v) is 2.81. The summed E-state index contributed by atoms with van der Waals surface area (Å²) in [4.78, 5) is 10.3. The number of hydrogen-bond acceptors (Lipinski definition) is 4. The van der Waals surface area contributed by atoms with E-state index in [4.69, 9.17) is 4.74 Å². The number of carbonyl (C=O) groups is 1. The molecule has 1 aromatic carbocycles. The molecule has 0 fully saturated rings. The lowest BCUT2D eigenvalue weighted by Crippen LogP contribution is -2.39. The lowest BCUT2D eigenvalue weighted by Gasteiger charge is -2.16. The lowest BCUT2D eigenvalue weighted by atomic mass is 10.2. The van der Waals surface area contributed by atoms with E-state index in [0.29, 0.717) is 12.1 Å². The number of hydrogen-bond donors (Lipinski definition) is 1. The molecule has 1 atom stereocenters. The molecule has 0 aromatic heterocycles. The number of ether oxygens (including phenoxy) is 1. The van der Waals surface area contributed by atoms with Crippen LogP contribution in [0.15, 0.2) is 23.1 Å².